The standard InChI is InChI=1S/C19H14ClF4NO2/c1-4-5-10-14(21)16(23)11(17(24)15(10)22)8-27-18(26)13-12(19(13,2)3)6-9(20)7-25/h1,6,12-13H,5,8H2,2-3H3/b9-6+. The van der Waals surface area contributed by atoms with E-state index in [0.717, 1.165) is 0 Å². The van der Waals surface area contributed by atoms with E-state index in [1.165, 1.54) is 6.08 Å². The van der Waals surface area contributed by atoms with Crippen molar-refractivity contribution in [3.63, 3.8) is 0 Å². The van der Waals surface area contributed by atoms with Crippen LogP contribution >= 0.6 is 11.6 Å². The Kier molecular flexibility index (Phi) is 5.87. The zero-order valence-corrected chi connectivity index (χ0v) is 15.1. The molecule has 3 nitrogen and oxygen atoms in total. The number of terminal acetylenes is 1. The number of benzene rings is 1. The molecule has 0 aromatic heterocycles. The van der Waals surface area contributed by atoms with E-state index in [9.17, 15) is 22.4 Å². The molecule has 1 aromatic carbocycles. The monoisotopic (exact) mass is 399 g/mol. The minimum absolute atomic E-state index is 0.103. The number of allylic oxidation sites excluding steroid dienone is 2. The summed E-state index contributed by atoms with van der Waals surface area (Å²) in [6, 6.07) is 1.71. The minimum Gasteiger partial charge on any atom is -0.460 e. The Balaban J connectivity index is 2.20. The molecule has 0 aliphatic heterocycles. The van der Waals surface area contributed by atoms with Crippen molar-refractivity contribution in [1.82, 2.24) is 0 Å². The number of carbonyl (C=O) groups is 1. The largest absolute Gasteiger partial charge is 0.460 e. The average Bonchev–Trinajstić information content (AvgIpc) is 3.16. The van der Waals surface area contributed by atoms with Crippen LogP contribution in [0.4, 0.5) is 17.6 Å². The molecule has 8 heteroatoms. The quantitative estimate of drug-likeness (QED) is 0.243. The summed E-state index contributed by atoms with van der Waals surface area (Å²) < 4.78 is 60.7. The zero-order valence-electron chi connectivity index (χ0n) is 14.4. The molecule has 1 aliphatic rings. The van der Waals surface area contributed by atoms with E-state index in [2.05, 4.69) is 0 Å². The molecule has 1 aliphatic carbocycles. The molecule has 1 aromatic rings. The molecule has 2 atom stereocenters. The molecule has 142 valence electrons. The minimum atomic E-state index is -1.66. The first-order chi connectivity index (χ1) is 12.6. The average molecular weight is 400 g/mol. The van der Waals surface area contributed by atoms with Gasteiger partial charge in [-0.3, -0.25) is 4.79 Å². The number of rotatable bonds is 5. The summed E-state index contributed by atoms with van der Waals surface area (Å²) in [6.45, 7) is 2.45. The van der Waals surface area contributed by atoms with Crippen molar-refractivity contribution in [3.05, 3.63) is 45.5 Å². The molecule has 2 unspecified atom stereocenters. The summed E-state index contributed by atoms with van der Waals surface area (Å²) in [7, 11) is 0. The van der Waals surface area contributed by atoms with E-state index in [0.29, 0.717) is 0 Å². The first-order valence-corrected chi connectivity index (χ1v) is 8.16. The molecule has 0 amide bonds. The van der Waals surface area contributed by atoms with Gasteiger partial charge in [-0.05, 0) is 11.3 Å². The molecule has 0 saturated heterocycles. The normalized spacial score (nSPS) is 20.6. The molecule has 0 spiro atoms. The fourth-order valence-electron chi connectivity index (χ4n) is 2.97. The number of nitrogens with zero attached hydrogens (tertiary/aromatic N) is 1. The van der Waals surface area contributed by atoms with E-state index >= 15 is 0 Å². The highest BCUT2D eigenvalue weighted by Crippen LogP contribution is 2.60. The Morgan fingerprint density at radius 2 is 1.74 bits per heavy atom. The second-order valence-electron chi connectivity index (χ2n) is 6.65. The van der Waals surface area contributed by atoms with Gasteiger partial charge in [0.05, 0.1) is 11.5 Å². The summed E-state index contributed by atoms with van der Waals surface area (Å²) in [5.41, 5.74) is -2.53. The summed E-state index contributed by atoms with van der Waals surface area (Å²) in [5, 5.41) is 8.60. The molecular weight excluding hydrogens is 386 g/mol. The second kappa shape index (κ2) is 7.62. The first-order valence-electron chi connectivity index (χ1n) is 7.79. The summed E-state index contributed by atoms with van der Waals surface area (Å²) >= 11 is 5.64. The number of ether oxygens (including phenoxy) is 1. The predicted octanol–water partition coefficient (Wildman–Crippen LogP) is 4.38. The Hall–Kier alpha value is -2.51. The number of carbonyl (C=O) groups excluding carboxylic acids is 1. The number of hydrogen-bond donors (Lipinski definition) is 0. The van der Waals surface area contributed by atoms with Gasteiger partial charge < -0.3 is 4.74 Å². The van der Waals surface area contributed by atoms with Crippen LogP contribution in [-0.4, -0.2) is 5.97 Å². The van der Waals surface area contributed by atoms with Crippen molar-refractivity contribution in [2.24, 2.45) is 17.3 Å². The van der Waals surface area contributed by atoms with E-state index in [1.54, 1.807) is 19.9 Å². The van der Waals surface area contributed by atoms with Gasteiger partial charge >= 0.3 is 5.97 Å². The van der Waals surface area contributed by atoms with Gasteiger partial charge in [-0.25, -0.2) is 17.6 Å². The van der Waals surface area contributed by atoms with Gasteiger partial charge in [0.2, 0.25) is 0 Å². The van der Waals surface area contributed by atoms with Crippen molar-refractivity contribution >= 4 is 17.6 Å². The maximum absolute atomic E-state index is 14.0. The lowest BCUT2D eigenvalue weighted by Gasteiger charge is -2.11. The van der Waals surface area contributed by atoms with Crippen LogP contribution < -0.4 is 0 Å². The highest BCUT2D eigenvalue weighted by molar-refractivity contribution is 6.31. The van der Waals surface area contributed by atoms with Crippen LogP contribution in [0, 0.1) is 64.2 Å². The molecule has 0 N–H and O–H groups in total. The van der Waals surface area contributed by atoms with Crippen molar-refractivity contribution in [2.45, 2.75) is 26.9 Å². The number of hydrogen-bond acceptors (Lipinski definition) is 3. The van der Waals surface area contributed by atoms with Crippen LogP contribution in [0.2, 0.25) is 0 Å². The number of halogens is 5. The fraction of sp³-hybridized carbons (Fsp3) is 0.368. The summed E-state index contributed by atoms with van der Waals surface area (Å²) in [6.07, 6.45) is 5.69. The molecule has 2 rings (SSSR count). The van der Waals surface area contributed by atoms with Crippen LogP contribution in [0.5, 0.6) is 0 Å². The van der Waals surface area contributed by atoms with E-state index in [-0.39, 0.29) is 5.03 Å². The van der Waals surface area contributed by atoms with Crippen molar-refractivity contribution in [3.8, 4) is 18.4 Å². The van der Waals surface area contributed by atoms with Gasteiger partial charge in [-0.2, -0.15) is 5.26 Å². The number of esters is 1. The SMILES string of the molecule is C#CCc1c(F)c(F)c(COC(=O)C2C(/C=C(/Cl)C#N)C2(C)C)c(F)c1F. The van der Waals surface area contributed by atoms with Gasteiger partial charge in [0.25, 0.3) is 0 Å². The van der Waals surface area contributed by atoms with Gasteiger partial charge in [0.1, 0.15) is 17.7 Å². The van der Waals surface area contributed by atoms with Crippen LogP contribution in [0.15, 0.2) is 11.1 Å². The molecule has 1 saturated carbocycles. The molecule has 0 bridgehead atoms. The topological polar surface area (TPSA) is 50.1 Å². The van der Waals surface area contributed by atoms with Crippen molar-refractivity contribution in [2.75, 3.05) is 0 Å². The molecule has 27 heavy (non-hydrogen) atoms. The van der Waals surface area contributed by atoms with Crippen molar-refractivity contribution < 1.29 is 27.1 Å². The van der Waals surface area contributed by atoms with Gasteiger partial charge in [-0.1, -0.05) is 31.5 Å². The maximum atomic E-state index is 14.0. The Labute approximate surface area is 158 Å². The highest BCUT2D eigenvalue weighted by atomic mass is 35.5. The van der Waals surface area contributed by atoms with Crippen LogP contribution in [-0.2, 0) is 22.6 Å². The van der Waals surface area contributed by atoms with Crippen LogP contribution in [0.25, 0.3) is 0 Å². The lowest BCUT2D eigenvalue weighted by molar-refractivity contribution is -0.147. The Morgan fingerprint density at radius 1 is 1.22 bits per heavy atom. The second-order valence-corrected chi connectivity index (χ2v) is 7.06. The Bertz CT molecular complexity index is 883. The van der Waals surface area contributed by atoms with Crippen LogP contribution in [0.3, 0.4) is 0 Å². The lowest BCUT2D eigenvalue weighted by atomic mass is 10.1. The maximum Gasteiger partial charge on any atom is 0.310 e. The highest BCUT2D eigenvalue weighted by Gasteiger charge is 2.61. The first kappa shape index (κ1) is 20.8. The third-order valence-electron chi connectivity index (χ3n) is 4.68. The fourth-order valence-corrected chi connectivity index (χ4v) is 3.11. The van der Waals surface area contributed by atoms with Crippen LogP contribution in [0.1, 0.15) is 25.0 Å². The van der Waals surface area contributed by atoms with Gasteiger partial charge in [-0.15, -0.1) is 12.3 Å². The van der Waals surface area contributed by atoms with E-state index in [1.807, 2.05) is 5.92 Å². The smallest absolute Gasteiger partial charge is 0.310 e. The third-order valence-corrected chi connectivity index (χ3v) is 4.89. The Morgan fingerprint density at radius 3 is 2.22 bits per heavy atom. The molecular formula is C19H14ClF4NO2. The molecule has 0 heterocycles. The molecule has 0 radical (unpaired) electrons. The van der Waals surface area contributed by atoms with Gasteiger partial charge in [0, 0.05) is 12.0 Å². The molecule has 1 fully saturated rings. The summed E-state index contributed by atoms with van der Waals surface area (Å²) in [5.74, 6) is -6.59. The zero-order chi connectivity index (χ0) is 20.5. The lowest BCUT2D eigenvalue weighted by Crippen LogP contribution is -2.14. The third kappa shape index (κ3) is 3.79. The van der Waals surface area contributed by atoms with E-state index in [4.69, 9.17) is 28.0 Å². The van der Waals surface area contributed by atoms with Gasteiger partial charge in [0.15, 0.2) is 23.3 Å². The summed E-state index contributed by atoms with van der Waals surface area (Å²) in [4.78, 5) is 12.2. The predicted molar refractivity (Wildman–Crippen MR) is 88.9 cm³/mol. The van der Waals surface area contributed by atoms with Crippen molar-refractivity contribution in [1.29, 1.82) is 5.26 Å². The number of nitriles is 1. The van der Waals surface area contributed by atoms with E-state index < -0.39 is 70.6 Å².